The zero-order valence-corrected chi connectivity index (χ0v) is 11.7. The number of rotatable bonds is 7. The van der Waals surface area contributed by atoms with Crippen LogP contribution in [0.5, 0.6) is 0 Å². The summed E-state index contributed by atoms with van der Waals surface area (Å²) in [5.74, 6) is 0. The van der Waals surface area contributed by atoms with Gasteiger partial charge in [0.25, 0.3) is 0 Å². The van der Waals surface area contributed by atoms with E-state index in [1.807, 2.05) is 13.8 Å². The molecule has 0 amide bonds. The van der Waals surface area contributed by atoms with Gasteiger partial charge in [-0.2, -0.15) is 0 Å². The number of hydrogen-bond acceptors (Lipinski definition) is 3. The maximum absolute atomic E-state index is 11.9. The normalized spacial score (nSPS) is 13.2. The number of nitrogens with zero attached hydrogens (tertiary/aromatic N) is 1. The van der Waals surface area contributed by atoms with Gasteiger partial charge in [0.05, 0.1) is 32.8 Å². The Balaban J connectivity index is 3.69. The fraction of sp³-hybridized carbons (Fsp3) is 1.00. The third-order valence-corrected chi connectivity index (χ3v) is 7.15. The monoisotopic (exact) mass is 240 g/mol. The fourth-order valence-corrected chi connectivity index (χ4v) is 3.21. The van der Waals surface area contributed by atoms with Crippen molar-refractivity contribution >= 4 is 18.0 Å². The molecule has 5 heteroatoms. The van der Waals surface area contributed by atoms with Gasteiger partial charge in [0, 0.05) is 12.3 Å². The summed E-state index contributed by atoms with van der Waals surface area (Å²) >= 11 is 1.21. The predicted octanol–water partition coefficient (Wildman–Crippen LogP) is 2.68. The Hall–Kier alpha value is 0.500. The van der Waals surface area contributed by atoms with Crippen LogP contribution in [-0.4, -0.2) is 51.1 Å². The van der Waals surface area contributed by atoms with E-state index < -0.39 is 6.34 Å². The van der Waals surface area contributed by atoms with Gasteiger partial charge in [0.15, 0.2) is 6.34 Å². The van der Waals surface area contributed by atoms with Crippen LogP contribution in [0.25, 0.3) is 0 Å². The Kier molecular flexibility index (Phi) is 6.38. The van der Waals surface area contributed by atoms with Gasteiger partial charge < -0.3 is 13.2 Å². The van der Waals surface area contributed by atoms with Crippen LogP contribution in [0, 0.1) is 0 Å². The summed E-state index contributed by atoms with van der Waals surface area (Å²) in [7, 11) is 6.35. The molecule has 0 aromatic rings. The van der Waals surface area contributed by atoms with Gasteiger partial charge in [-0.15, -0.1) is 0 Å². The first-order valence-corrected chi connectivity index (χ1v) is 8.45. The van der Waals surface area contributed by atoms with Crippen molar-refractivity contribution in [2.75, 3.05) is 46.6 Å². The van der Waals surface area contributed by atoms with E-state index in [2.05, 4.69) is 21.1 Å². The lowest BCUT2D eigenvalue weighted by Crippen LogP contribution is -2.37. The minimum atomic E-state index is -2.08. The predicted molar refractivity (Wildman–Crippen MR) is 65.1 cm³/mol. The Labute approximate surface area is 92.1 Å². The van der Waals surface area contributed by atoms with Crippen molar-refractivity contribution in [2.24, 2.45) is 0 Å². The fourth-order valence-electron chi connectivity index (χ4n) is 0.773. The van der Waals surface area contributed by atoms with Crippen molar-refractivity contribution in [1.82, 2.24) is 0 Å². The van der Waals surface area contributed by atoms with E-state index in [0.717, 1.165) is 23.4 Å². The lowest BCUT2D eigenvalue weighted by atomic mass is 10.5. The summed E-state index contributed by atoms with van der Waals surface area (Å²) in [6.07, 6.45) is -0.634. The minimum Gasteiger partial charge on any atom is -0.329 e. The molecule has 0 unspecified atom stereocenters. The van der Waals surface area contributed by atoms with E-state index in [1.165, 1.54) is 11.7 Å². The SMILES string of the molecule is CCP(=O)(CC)SOCC[N+](C)(C)C. The summed E-state index contributed by atoms with van der Waals surface area (Å²) < 4.78 is 18.2. The molecule has 0 atom stereocenters. The topological polar surface area (TPSA) is 26.3 Å². The summed E-state index contributed by atoms with van der Waals surface area (Å²) in [4.78, 5) is 0. The second-order valence-corrected chi connectivity index (χ2v) is 10.1. The largest absolute Gasteiger partial charge is 0.329 e. The van der Waals surface area contributed by atoms with Crippen LogP contribution in [-0.2, 0) is 8.75 Å². The molecule has 0 aliphatic carbocycles. The van der Waals surface area contributed by atoms with Crippen LogP contribution in [0.4, 0.5) is 0 Å². The Bertz CT molecular complexity index is 195. The summed E-state index contributed by atoms with van der Waals surface area (Å²) in [6, 6.07) is 0. The lowest BCUT2D eigenvalue weighted by molar-refractivity contribution is -0.870. The van der Waals surface area contributed by atoms with Crippen molar-refractivity contribution < 1.29 is 13.2 Å². The Morgan fingerprint density at radius 3 is 2.07 bits per heavy atom. The molecule has 0 bridgehead atoms. The van der Waals surface area contributed by atoms with Crippen molar-refractivity contribution in [1.29, 1.82) is 0 Å². The smallest absolute Gasteiger partial charge is 0.164 e. The maximum Gasteiger partial charge on any atom is 0.164 e. The van der Waals surface area contributed by atoms with Crippen molar-refractivity contribution in [3.63, 3.8) is 0 Å². The lowest BCUT2D eigenvalue weighted by Gasteiger charge is -2.23. The van der Waals surface area contributed by atoms with E-state index in [-0.39, 0.29) is 0 Å². The molecule has 0 aliphatic heterocycles. The molecule has 0 radical (unpaired) electrons. The van der Waals surface area contributed by atoms with Gasteiger partial charge in [-0.1, -0.05) is 13.8 Å². The van der Waals surface area contributed by atoms with Crippen molar-refractivity contribution in [3.8, 4) is 0 Å². The quantitative estimate of drug-likeness (QED) is 0.296. The Morgan fingerprint density at radius 1 is 1.21 bits per heavy atom. The van der Waals surface area contributed by atoms with Gasteiger partial charge in [0.1, 0.15) is 13.2 Å². The van der Waals surface area contributed by atoms with E-state index in [0.29, 0.717) is 6.61 Å². The number of likely N-dealkylation sites (N-methyl/N-ethyl adjacent to an activating group) is 1. The highest BCUT2D eigenvalue weighted by Crippen LogP contribution is 2.58. The van der Waals surface area contributed by atoms with E-state index in [4.69, 9.17) is 4.18 Å². The molecule has 0 aromatic carbocycles. The van der Waals surface area contributed by atoms with Crippen molar-refractivity contribution in [2.45, 2.75) is 13.8 Å². The molecule has 0 saturated carbocycles. The summed E-state index contributed by atoms with van der Waals surface area (Å²) in [6.45, 7) is 5.53. The van der Waals surface area contributed by atoms with Gasteiger partial charge >= 0.3 is 0 Å². The highest BCUT2D eigenvalue weighted by atomic mass is 32.7. The van der Waals surface area contributed by atoms with Gasteiger partial charge in [0.2, 0.25) is 0 Å². The first-order valence-electron chi connectivity index (χ1n) is 5.03. The molecule has 0 saturated heterocycles. The summed E-state index contributed by atoms with van der Waals surface area (Å²) in [5, 5.41) is 0. The summed E-state index contributed by atoms with van der Waals surface area (Å²) in [5.41, 5.74) is 0. The average molecular weight is 240 g/mol. The van der Waals surface area contributed by atoms with Crippen LogP contribution in [0.1, 0.15) is 13.8 Å². The van der Waals surface area contributed by atoms with Gasteiger partial charge in [-0.25, -0.2) is 0 Å². The third-order valence-electron chi connectivity index (χ3n) is 2.00. The number of quaternary nitrogens is 1. The third kappa shape index (κ3) is 6.88. The van der Waals surface area contributed by atoms with Crippen LogP contribution in [0.3, 0.4) is 0 Å². The van der Waals surface area contributed by atoms with Crippen molar-refractivity contribution in [3.05, 3.63) is 0 Å². The molecule has 0 rings (SSSR count). The molecular weight excluding hydrogens is 217 g/mol. The Morgan fingerprint density at radius 2 is 1.71 bits per heavy atom. The second-order valence-electron chi connectivity index (χ2n) is 4.36. The van der Waals surface area contributed by atoms with Gasteiger partial charge in [-0.05, 0) is 0 Å². The van der Waals surface area contributed by atoms with E-state index in [1.54, 1.807) is 0 Å². The first kappa shape index (κ1) is 14.5. The zero-order chi connectivity index (χ0) is 11.2. The molecule has 0 N–H and O–H groups in total. The second kappa shape index (κ2) is 6.16. The van der Waals surface area contributed by atoms with Crippen LogP contribution < -0.4 is 0 Å². The van der Waals surface area contributed by atoms with Crippen LogP contribution in [0.15, 0.2) is 0 Å². The first-order chi connectivity index (χ1) is 6.33. The molecule has 0 spiro atoms. The standard InChI is InChI=1S/C9H23NO2PS/c1-6-13(11,7-2)14-12-9-8-10(3,4)5/h6-9H2,1-5H3/q+1. The van der Waals surface area contributed by atoms with E-state index >= 15 is 0 Å². The van der Waals surface area contributed by atoms with Crippen LogP contribution >= 0.6 is 18.0 Å². The molecule has 14 heavy (non-hydrogen) atoms. The molecular formula is C9H23NO2PS+. The zero-order valence-electron chi connectivity index (χ0n) is 9.95. The van der Waals surface area contributed by atoms with E-state index in [9.17, 15) is 4.57 Å². The average Bonchev–Trinajstić information content (AvgIpc) is 2.11. The van der Waals surface area contributed by atoms with Gasteiger partial charge in [-0.3, -0.25) is 0 Å². The highest BCUT2D eigenvalue weighted by Gasteiger charge is 2.19. The highest BCUT2D eigenvalue weighted by molar-refractivity contribution is 8.55. The molecule has 0 aromatic heterocycles. The maximum atomic E-state index is 11.9. The minimum absolute atomic E-state index is 0.665. The molecule has 3 nitrogen and oxygen atoms in total. The molecule has 0 heterocycles. The molecule has 86 valence electrons. The molecule has 0 aliphatic rings. The van der Waals surface area contributed by atoms with Crippen LogP contribution in [0.2, 0.25) is 0 Å². The number of hydrogen-bond donors (Lipinski definition) is 0. The molecule has 0 fully saturated rings.